The van der Waals surface area contributed by atoms with Crippen LogP contribution in [0.1, 0.15) is 16.7 Å². The molecule has 0 aliphatic carbocycles. The predicted molar refractivity (Wildman–Crippen MR) is 143 cm³/mol. The Labute approximate surface area is 214 Å². The van der Waals surface area contributed by atoms with Crippen molar-refractivity contribution in [3.63, 3.8) is 0 Å². The second kappa shape index (κ2) is 10.6. The van der Waals surface area contributed by atoms with Crippen LogP contribution in [-0.4, -0.2) is 59.1 Å². The highest BCUT2D eigenvalue weighted by Crippen LogP contribution is 2.27. The summed E-state index contributed by atoms with van der Waals surface area (Å²) in [7, 11) is -2.30. The molecule has 0 saturated carbocycles. The van der Waals surface area contributed by atoms with Gasteiger partial charge in [-0.25, -0.2) is 8.42 Å². The van der Waals surface area contributed by atoms with E-state index in [0.717, 1.165) is 28.1 Å². The van der Waals surface area contributed by atoms with Gasteiger partial charge in [0.05, 0.1) is 17.7 Å². The number of methoxy groups -OCH3 is 1. The second-order valence-electron chi connectivity index (χ2n) is 9.24. The first kappa shape index (κ1) is 25.6. The van der Waals surface area contributed by atoms with Crippen LogP contribution in [0.15, 0.2) is 71.6 Å². The van der Waals surface area contributed by atoms with Crippen LogP contribution in [0.5, 0.6) is 5.75 Å². The van der Waals surface area contributed by atoms with Gasteiger partial charge in [0.2, 0.25) is 5.91 Å². The van der Waals surface area contributed by atoms with Crippen molar-refractivity contribution < 1.29 is 17.9 Å². The van der Waals surface area contributed by atoms with E-state index in [0.29, 0.717) is 31.9 Å². The molecule has 0 unspecified atom stereocenters. The van der Waals surface area contributed by atoms with E-state index in [2.05, 4.69) is 4.90 Å². The number of anilines is 2. The van der Waals surface area contributed by atoms with E-state index in [1.54, 1.807) is 36.3 Å². The fourth-order valence-corrected chi connectivity index (χ4v) is 5.87. The molecule has 0 aromatic heterocycles. The van der Waals surface area contributed by atoms with Gasteiger partial charge in [-0.1, -0.05) is 23.8 Å². The molecule has 36 heavy (non-hydrogen) atoms. The van der Waals surface area contributed by atoms with Crippen molar-refractivity contribution in [1.82, 2.24) is 4.90 Å². The third-order valence-electron chi connectivity index (χ3n) is 6.45. The number of rotatable bonds is 7. The average Bonchev–Trinajstić information content (AvgIpc) is 2.87. The van der Waals surface area contributed by atoms with Crippen molar-refractivity contribution >= 4 is 27.3 Å². The van der Waals surface area contributed by atoms with Crippen LogP contribution in [0.3, 0.4) is 0 Å². The van der Waals surface area contributed by atoms with Crippen molar-refractivity contribution in [2.75, 3.05) is 49.0 Å². The lowest BCUT2D eigenvalue weighted by atomic mass is 10.1. The molecule has 0 N–H and O–H groups in total. The molecular formula is C28H33N3O4S. The zero-order valence-corrected chi connectivity index (χ0v) is 22.1. The Balaban J connectivity index is 1.54. The van der Waals surface area contributed by atoms with Gasteiger partial charge in [0.15, 0.2) is 0 Å². The van der Waals surface area contributed by atoms with E-state index < -0.39 is 10.0 Å². The number of carbonyl (C=O) groups is 1. The van der Waals surface area contributed by atoms with Crippen LogP contribution in [0.25, 0.3) is 0 Å². The van der Waals surface area contributed by atoms with Crippen molar-refractivity contribution in [1.29, 1.82) is 0 Å². The SMILES string of the molecule is COc1ccc(N2CCN(C(=O)CN(c3cc(C)cc(C)c3)S(=O)(=O)c3ccc(C)cc3)CC2)cc1. The first-order valence-corrected chi connectivity index (χ1v) is 13.5. The molecule has 1 aliphatic heterocycles. The molecule has 1 amide bonds. The summed E-state index contributed by atoms with van der Waals surface area (Å²) in [5, 5.41) is 0. The van der Waals surface area contributed by atoms with Crippen LogP contribution in [0, 0.1) is 20.8 Å². The highest BCUT2D eigenvalue weighted by Gasteiger charge is 2.30. The average molecular weight is 508 g/mol. The molecule has 8 heteroatoms. The number of sulfonamides is 1. The molecule has 0 radical (unpaired) electrons. The van der Waals surface area contributed by atoms with Crippen LogP contribution in [0.4, 0.5) is 11.4 Å². The zero-order valence-electron chi connectivity index (χ0n) is 21.3. The molecule has 1 saturated heterocycles. The minimum absolute atomic E-state index is 0.171. The maximum atomic E-state index is 13.7. The molecule has 190 valence electrons. The smallest absolute Gasteiger partial charge is 0.264 e. The minimum Gasteiger partial charge on any atom is -0.497 e. The molecule has 7 nitrogen and oxygen atoms in total. The summed E-state index contributed by atoms with van der Waals surface area (Å²) in [4.78, 5) is 17.5. The molecule has 1 aliphatic rings. The molecule has 1 fully saturated rings. The van der Waals surface area contributed by atoms with Gasteiger partial charge in [-0.15, -0.1) is 0 Å². The van der Waals surface area contributed by atoms with Gasteiger partial charge in [-0.2, -0.15) is 0 Å². The normalized spacial score (nSPS) is 14.0. The number of piperazine rings is 1. The van der Waals surface area contributed by atoms with E-state index in [1.165, 1.54) is 4.31 Å². The Morgan fingerprint density at radius 3 is 1.97 bits per heavy atom. The first-order chi connectivity index (χ1) is 17.2. The van der Waals surface area contributed by atoms with E-state index in [1.807, 2.05) is 63.2 Å². The molecule has 0 spiro atoms. The lowest BCUT2D eigenvalue weighted by Crippen LogP contribution is -2.52. The fourth-order valence-electron chi connectivity index (χ4n) is 4.48. The number of carbonyl (C=O) groups excluding carboxylic acids is 1. The molecule has 0 bridgehead atoms. The Bertz CT molecular complexity index is 1290. The van der Waals surface area contributed by atoms with Crippen LogP contribution in [-0.2, 0) is 14.8 Å². The molecule has 1 heterocycles. The van der Waals surface area contributed by atoms with Crippen LogP contribution in [0.2, 0.25) is 0 Å². The maximum absolute atomic E-state index is 13.7. The van der Waals surface area contributed by atoms with Gasteiger partial charge in [-0.3, -0.25) is 9.10 Å². The van der Waals surface area contributed by atoms with Crippen LogP contribution < -0.4 is 13.9 Å². The fraction of sp³-hybridized carbons (Fsp3) is 0.321. The highest BCUT2D eigenvalue weighted by atomic mass is 32.2. The maximum Gasteiger partial charge on any atom is 0.264 e. The van der Waals surface area contributed by atoms with Gasteiger partial charge >= 0.3 is 0 Å². The molecule has 3 aromatic carbocycles. The van der Waals surface area contributed by atoms with Crippen LogP contribution >= 0.6 is 0 Å². The Morgan fingerprint density at radius 1 is 0.833 bits per heavy atom. The third-order valence-corrected chi connectivity index (χ3v) is 8.24. The third kappa shape index (κ3) is 5.65. The van der Waals surface area contributed by atoms with Gasteiger partial charge in [0.25, 0.3) is 10.0 Å². The topological polar surface area (TPSA) is 70.2 Å². The van der Waals surface area contributed by atoms with E-state index in [9.17, 15) is 13.2 Å². The summed E-state index contributed by atoms with van der Waals surface area (Å²) in [5.74, 6) is 0.591. The van der Waals surface area contributed by atoms with E-state index in [4.69, 9.17) is 4.74 Å². The van der Waals surface area contributed by atoms with Gasteiger partial charge in [-0.05, 0) is 80.4 Å². The summed E-state index contributed by atoms with van der Waals surface area (Å²) in [6, 6.07) is 20.2. The van der Waals surface area contributed by atoms with Gasteiger partial charge < -0.3 is 14.5 Å². The molecule has 3 aromatic rings. The van der Waals surface area contributed by atoms with Crippen molar-refractivity contribution in [2.45, 2.75) is 25.7 Å². The standard InChI is InChI=1S/C28H33N3O4S/c1-21-5-11-27(12-6-21)36(33,34)31(25-18-22(2)17-23(3)19-25)20-28(32)30-15-13-29(14-16-30)24-7-9-26(35-4)10-8-24/h5-12,17-19H,13-16,20H2,1-4H3. The first-order valence-electron chi connectivity index (χ1n) is 12.0. The van der Waals surface area contributed by atoms with Crippen molar-refractivity contribution in [2.24, 2.45) is 0 Å². The Hall–Kier alpha value is -3.52. The zero-order chi connectivity index (χ0) is 25.9. The quantitative estimate of drug-likeness (QED) is 0.480. The monoisotopic (exact) mass is 507 g/mol. The number of hydrogen-bond donors (Lipinski definition) is 0. The summed E-state index contributed by atoms with van der Waals surface area (Å²) in [5.41, 5.74) is 4.42. The summed E-state index contributed by atoms with van der Waals surface area (Å²) in [6.07, 6.45) is 0. The summed E-state index contributed by atoms with van der Waals surface area (Å²) < 4.78 is 33.9. The largest absolute Gasteiger partial charge is 0.497 e. The molecule has 0 atom stereocenters. The minimum atomic E-state index is -3.93. The molecular weight excluding hydrogens is 474 g/mol. The summed E-state index contributed by atoms with van der Waals surface area (Å²) in [6.45, 7) is 7.90. The number of aryl methyl sites for hydroxylation is 3. The summed E-state index contributed by atoms with van der Waals surface area (Å²) >= 11 is 0. The Kier molecular flexibility index (Phi) is 7.54. The predicted octanol–water partition coefficient (Wildman–Crippen LogP) is 4.16. The second-order valence-corrected chi connectivity index (χ2v) is 11.1. The highest BCUT2D eigenvalue weighted by molar-refractivity contribution is 7.92. The van der Waals surface area contributed by atoms with Gasteiger partial charge in [0, 0.05) is 31.9 Å². The number of nitrogens with zero attached hydrogens (tertiary/aromatic N) is 3. The lowest BCUT2D eigenvalue weighted by Gasteiger charge is -2.37. The number of benzene rings is 3. The molecule has 4 rings (SSSR count). The Morgan fingerprint density at radius 2 is 1.42 bits per heavy atom. The van der Waals surface area contributed by atoms with E-state index >= 15 is 0 Å². The number of ether oxygens (including phenoxy) is 1. The lowest BCUT2D eigenvalue weighted by molar-refractivity contribution is -0.129. The van der Waals surface area contributed by atoms with Crippen molar-refractivity contribution in [3.05, 3.63) is 83.4 Å². The van der Waals surface area contributed by atoms with Gasteiger partial charge in [0.1, 0.15) is 12.3 Å². The number of amides is 1. The van der Waals surface area contributed by atoms with Crippen molar-refractivity contribution in [3.8, 4) is 5.75 Å². The van der Waals surface area contributed by atoms with E-state index in [-0.39, 0.29) is 17.3 Å². The number of hydrogen-bond acceptors (Lipinski definition) is 5.